The van der Waals surface area contributed by atoms with Crippen LogP contribution in [0.1, 0.15) is 36.0 Å². The summed E-state index contributed by atoms with van der Waals surface area (Å²) in [6.45, 7) is 0.249. The number of ether oxygens (including phenoxy) is 1. The molecule has 2 N–H and O–H groups in total. The molecule has 5 heteroatoms. The summed E-state index contributed by atoms with van der Waals surface area (Å²) >= 11 is 0. The van der Waals surface area contributed by atoms with E-state index >= 15 is 0 Å². The fourth-order valence-electron chi connectivity index (χ4n) is 3.39. The first kappa shape index (κ1) is 17.4. The number of pyridine rings is 1. The van der Waals surface area contributed by atoms with Crippen molar-refractivity contribution in [3.8, 4) is 5.75 Å². The van der Waals surface area contributed by atoms with Crippen molar-refractivity contribution in [2.45, 2.75) is 37.7 Å². The number of aliphatic hydroxyl groups is 1. The van der Waals surface area contributed by atoms with Crippen molar-refractivity contribution in [2.24, 2.45) is 0 Å². The van der Waals surface area contributed by atoms with Crippen LogP contribution in [0.15, 0.2) is 42.7 Å². The van der Waals surface area contributed by atoms with Gasteiger partial charge >= 0.3 is 0 Å². The number of aryl methyl sites for hydroxylation is 2. The topological polar surface area (TPSA) is 71.5 Å². The van der Waals surface area contributed by atoms with Crippen LogP contribution in [-0.4, -0.2) is 29.7 Å². The Bertz CT molecular complexity index is 747. The lowest BCUT2D eigenvalue weighted by Gasteiger charge is -2.34. The van der Waals surface area contributed by atoms with Crippen LogP contribution in [-0.2, 0) is 23.2 Å². The molecule has 3 rings (SSSR count). The zero-order valence-electron chi connectivity index (χ0n) is 14.5. The lowest BCUT2D eigenvalue weighted by atomic mass is 9.79. The van der Waals surface area contributed by atoms with E-state index in [1.165, 1.54) is 5.56 Å². The van der Waals surface area contributed by atoms with E-state index in [9.17, 15) is 9.90 Å². The van der Waals surface area contributed by atoms with Crippen LogP contribution >= 0.6 is 0 Å². The van der Waals surface area contributed by atoms with Gasteiger partial charge in [-0.05, 0) is 48.4 Å². The number of nitrogens with one attached hydrogen (secondary N) is 1. The second-order valence-corrected chi connectivity index (χ2v) is 6.55. The minimum Gasteiger partial charge on any atom is -0.495 e. The van der Waals surface area contributed by atoms with E-state index in [1.807, 2.05) is 24.3 Å². The van der Waals surface area contributed by atoms with Crippen molar-refractivity contribution in [1.29, 1.82) is 0 Å². The van der Waals surface area contributed by atoms with E-state index in [0.717, 1.165) is 24.0 Å². The van der Waals surface area contributed by atoms with Crippen molar-refractivity contribution in [1.82, 2.24) is 10.3 Å². The Morgan fingerprint density at radius 3 is 3.04 bits per heavy atom. The highest BCUT2D eigenvalue weighted by atomic mass is 16.5. The molecule has 1 aromatic heterocycles. The number of amides is 1. The Morgan fingerprint density at radius 1 is 1.36 bits per heavy atom. The maximum atomic E-state index is 12.2. The minimum atomic E-state index is -0.970. The molecular formula is C20H24N2O3. The largest absolute Gasteiger partial charge is 0.495 e. The van der Waals surface area contributed by atoms with Gasteiger partial charge in [0.25, 0.3) is 0 Å². The summed E-state index contributed by atoms with van der Waals surface area (Å²) in [5.41, 5.74) is 2.10. The second kappa shape index (κ2) is 7.66. The molecule has 1 aliphatic rings. The lowest BCUT2D eigenvalue weighted by molar-refractivity contribution is -0.122. The average molecular weight is 340 g/mol. The van der Waals surface area contributed by atoms with E-state index in [0.29, 0.717) is 25.0 Å². The zero-order chi connectivity index (χ0) is 17.7. The van der Waals surface area contributed by atoms with Crippen LogP contribution in [0, 0.1) is 0 Å². The molecule has 0 fully saturated rings. The first-order valence-electron chi connectivity index (χ1n) is 8.66. The number of hydrogen-bond acceptors (Lipinski definition) is 4. The zero-order valence-corrected chi connectivity index (χ0v) is 14.5. The van der Waals surface area contributed by atoms with Gasteiger partial charge in [0.2, 0.25) is 5.91 Å². The molecule has 1 unspecified atom stereocenters. The van der Waals surface area contributed by atoms with Crippen LogP contribution < -0.4 is 10.1 Å². The molecule has 132 valence electrons. The maximum Gasteiger partial charge on any atom is 0.220 e. The van der Waals surface area contributed by atoms with Crippen molar-refractivity contribution >= 4 is 5.91 Å². The predicted molar refractivity (Wildman–Crippen MR) is 95.4 cm³/mol. The fraction of sp³-hybridized carbons (Fsp3) is 0.400. The Kier molecular flexibility index (Phi) is 5.34. The summed E-state index contributed by atoms with van der Waals surface area (Å²) in [5, 5.41) is 13.9. The molecule has 25 heavy (non-hydrogen) atoms. The molecule has 0 spiro atoms. The van der Waals surface area contributed by atoms with E-state index in [-0.39, 0.29) is 12.5 Å². The summed E-state index contributed by atoms with van der Waals surface area (Å²) in [4.78, 5) is 16.3. The number of nitrogens with zero attached hydrogens (tertiary/aromatic N) is 1. The monoisotopic (exact) mass is 340 g/mol. The van der Waals surface area contributed by atoms with Crippen molar-refractivity contribution in [2.75, 3.05) is 13.7 Å². The summed E-state index contributed by atoms with van der Waals surface area (Å²) in [7, 11) is 1.59. The molecule has 1 atom stereocenters. The Balaban J connectivity index is 1.55. The van der Waals surface area contributed by atoms with Gasteiger partial charge < -0.3 is 15.2 Å². The van der Waals surface area contributed by atoms with Gasteiger partial charge in [0.05, 0.1) is 19.9 Å². The third-order valence-electron chi connectivity index (χ3n) is 4.78. The summed E-state index contributed by atoms with van der Waals surface area (Å²) in [5.74, 6) is 0.616. The van der Waals surface area contributed by atoms with E-state index < -0.39 is 5.60 Å². The number of benzene rings is 1. The average Bonchev–Trinajstić information content (AvgIpc) is 2.65. The Morgan fingerprint density at radius 2 is 2.20 bits per heavy atom. The fourth-order valence-corrected chi connectivity index (χ4v) is 3.39. The number of hydrogen-bond donors (Lipinski definition) is 2. The third kappa shape index (κ3) is 4.17. The van der Waals surface area contributed by atoms with Crippen LogP contribution in [0.2, 0.25) is 0 Å². The summed E-state index contributed by atoms with van der Waals surface area (Å²) in [6.07, 6.45) is 6.90. The first-order valence-corrected chi connectivity index (χ1v) is 8.66. The molecule has 0 radical (unpaired) electrons. The van der Waals surface area contributed by atoms with Crippen LogP contribution in [0.3, 0.4) is 0 Å². The van der Waals surface area contributed by atoms with Gasteiger partial charge in [-0.2, -0.15) is 0 Å². The standard InChI is InChI=1S/C20H24N2O3/c1-25-17-11-15(12-21-13-17)8-9-19(23)22-14-20(24)10-4-6-16-5-2-3-7-18(16)20/h2-3,5,7,11-13,24H,4,6,8-10,14H2,1H3,(H,22,23). The Hall–Kier alpha value is -2.40. The minimum absolute atomic E-state index is 0.0701. The number of aromatic nitrogens is 1. The number of carbonyl (C=O) groups is 1. The van der Waals surface area contributed by atoms with Gasteiger partial charge in [-0.3, -0.25) is 9.78 Å². The molecule has 2 aromatic rings. The number of methoxy groups -OCH3 is 1. The summed E-state index contributed by atoms with van der Waals surface area (Å²) in [6, 6.07) is 9.82. The molecule has 0 saturated heterocycles. The van der Waals surface area contributed by atoms with Crippen molar-refractivity contribution in [3.05, 3.63) is 59.4 Å². The van der Waals surface area contributed by atoms with E-state index in [2.05, 4.69) is 16.4 Å². The first-order chi connectivity index (χ1) is 12.1. The van der Waals surface area contributed by atoms with Gasteiger partial charge in [0.1, 0.15) is 11.4 Å². The molecule has 0 aliphatic heterocycles. The van der Waals surface area contributed by atoms with Crippen molar-refractivity contribution < 1.29 is 14.6 Å². The van der Waals surface area contributed by atoms with E-state index in [4.69, 9.17) is 4.74 Å². The van der Waals surface area contributed by atoms with Crippen LogP contribution in [0.4, 0.5) is 0 Å². The molecule has 5 nitrogen and oxygen atoms in total. The maximum absolute atomic E-state index is 12.2. The molecule has 1 aliphatic carbocycles. The van der Waals surface area contributed by atoms with Crippen LogP contribution in [0.5, 0.6) is 5.75 Å². The third-order valence-corrected chi connectivity index (χ3v) is 4.78. The summed E-state index contributed by atoms with van der Waals surface area (Å²) < 4.78 is 5.14. The predicted octanol–water partition coefficient (Wildman–Crippen LogP) is 2.36. The van der Waals surface area contributed by atoms with Gasteiger partial charge in [-0.25, -0.2) is 0 Å². The molecule has 1 heterocycles. The smallest absolute Gasteiger partial charge is 0.220 e. The Labute approximate surface area is 148 Å². The lowest BCUT2D eigenvalue weighted by Crippen LogP contribution is -2.43. The normalized spacial score (nSPS) is 19.1. The van der Waals surface area contributed by atoms with Gasteiger partial charge in [0.15, 0.2) is 0 Å². The quantitative estimate of drug-likeness (QED) is 0.847. The SMILES string of the molecule is COc1cncc(CCC(=O)NCC2(O)CCCc3ccccc32)c1. The van der Waals surface area contributed by atoms with Gasteiger partial charge in [-0.1, -0.05) is 24.3 Å². The molecule has 1 amide bonds. The van der Waals surface area contributed by atoms with Crippen molar-refractivity contribution in [3.63, 3.8) is 0 Å². The molecular weight excluding hydrogens is 316 g/mol. The molecule has 0 bridgehead atoms. The highest BCUT2D eigenvalue weighted by Crippen LogP contribution is 2.34. The molecule has 0 saturated carbocycles. The van der Waals surface area contributed by atoms with Gasteiger partial charge in [-0.15, -0.1) is 0 Å². The number of rotatable bonds is 6. The number of carbonyl (C=O) groups excluding carboxylic acids is 1. The molecule has 1 aromatic carbocycles. The highest BCUT2D eigenvalue weighted by molar-refractivity contribution is 5.76. The van der Waals surface area contributed by atoms with E-state index in [1.54, 1.807) is 19.5 Å². The van der Waals surface area contributed by atoms with Crippen LogP contribution in [0.25, 0.3) is 0 Å². The highest BCUT2D eigenvalue weighted by Gasteiger charge is 2.34. The second-order valence-electron chi connectivity index (χ2n) is 6.55. The van der Waals surface area contributed by atoms with Gasteiger partial charge in [0, 0.05) is 12.6 Å². The number of fused-ring (bicyclic) bond motifs is 1.